The minimum Gasteiger partial charge on any atom is -0.398 e. The summed E-state index contributed by atoms with van der Waals surface area (Å²) in [6.07, 6.45) is 1.01. The number of anilines is 1. The van der Waals surface area contributed by atoms with Gasteiger partial charge in [0.1, 0.15) is 0 Å². The lowest BCUT2D eigenvalue weighted by molar-refractivity contribution is -0.126. The molecule has 4 heteroatoms. The van der Waals surface area contributed by atoms with Crippen LogP contribution in [-0.4, -0.2) is 29.9 Å². The van der Waals surface area contributed by atoms with Gasteiger partial charge in [-0.1, -0.05) is 39.0 Å². The quantitative estimate of drug-likeness (QED) is 0.724. The van der Waals surface area contributed by atoms with E-state index in [-0.39, 0.29) is 11.9 Å². The summed E-state index contributed by atoms with van der Waals surface area (Å²) in [5.41, 5.74) is 7.84. The fourth-order valence-corrected chi connectivity index (χ4v) is 2.22. The van der Waals surface area contributed by atoms with Crippen LogP contribution in [0.2, 0.25) is 0 Å². The molecule has 1 aromatic rings. The van der Waals surface area contributed by atoms with Gasteiger partial charge in [-0.3, -0.25) is 9.69 Å². The van der Waals surface area contributed by atoms with Crippen molar-refractivity contribution in [2.24, 2.45) is 5.92 Å². The first-order valence-electron chi connectivity index (χ1n) is 7.80. The number of hydrogen-bond acceptors (Lipinski definition) is 3. The zero-order valence-electron chi connectivity index (χ0n) is 13.7. The third-order valence-corrected chi connectivity index (χ3v) is 3.78. The first kappa shape index (κ1) is 17.5. The second kappa shape index (κ2) is 8.67. The molecule has 0 saturated carbocycles. The predicted molar refractivity (Wildman–Crippen MR) is 88.9 cm³/mol. The molecular formula is C17H29N3O. The van der Waals surface area contributed by atoms with Crippen LogP contribution < -0.4 is 11.1 Å². The molecule has 0 bridgehead atoms. The highest BCUT2D eigenvalue weighted by atomic mass is 16.2. The van der Waals surface area contributed by atoms with E-state index < -0.39 is 0 Å². The van der Waals surface area contributed by atoms with Crippen LogP contribution in [0.3, 0.4) is 0 Å². The molecule has 1 unspecified atom stereocenters. The van der Waals surface area contributed by atoms with Crippen molar-refractivity contribution in [3.05, 3.63) is 29.8 Å². The monoisotopic (exact) mass is 291 g/mol. The first-order chi connectivity index (χ1) is 9.95. The summed E-state index contributed by atoms with van der Waals surface area (Å²) in [4.78, 5) is 14.4. The van der Waals surface area contributed by atoms with Gasteiger partial charge in [0, 0.05) is 18.8 Å². The third-order valence-electron chi connectivity index (χ3n) is 3.78. The van der Waals surface area contributed by atoms with E-state index in [9.17, 15) is 4.79 Å². The fraction of sp³-hybridized carbons (Fsp3) is 0.588. The SMILES string of the molecule is CCN(Cc1ccccc1N)C(C)C(=O)NCCC(C)C. The first-order valence-corrected chi connectivity index (χ1v) is 7.80. The number of nitrogens with one attached hydrogen (secondary N) is 1. The van der Waals surface area contributed by atoms with Crippen LogP contribution in [0, 0.1) is 5.92 Å². The van der Waals surface area contributed by atoms with E-state index in [0.29, 0.717) is 12.5 Å². The number of benzene rings is 1. The van der Waals surface area contributed by atoms with Crippen LogP contribution in [0.5, 0.6) is 0 Å². The topological polar surface area (TPSA) is 58.4 Å². The van der Waals surface area contributed by atoms with Crippen LogP contribution in [0.25, 0.3) is 0 Å². The standard InChI is InChI=1S/C17H29N3O/c1-5-20(12-15-8-6-7-9-16(15)18)14(4)17(21)19-11-10-13(2)3/h6-9,13-14H,5,10-12,18H2,1-4H3,(H,19,21). The van der Waals surface area contributed by atoms with E-state index in [4.69, 9.17) is 5.73 Å². The lowest BCUT2D eigenvalue weighted by Gasteiger charge is -2.27. The smallest absolute Gasteiger partial charge is 0.237 e. The molecule has 118 valence electrons. The van der Waals surface area contributed by atoms with Gasteiger partial charge in [-0.2, -0.15) is 0 Å². The van der Waals surface area contributed by atoms with Gasteiger partial charge in [0.05, 0.1) is 6.04 Å². The highest BCUT2D eigenvalue weighted by molar-refractivity contribution is 5.81. The number of nitrogen functional groups attached to an aromatic ring is 1. The van der Waals surface area contributed by atoms with Gasteiger partial charge in [-0.15, -0.1) is 0 Å². The minimum atomic E-state index is -0.151. The normalized spacial score (nSPS) is 12.7. The summed E-state index contributed by atoms with van der Waals surface area (Å²) in [5, 5.41) is 3.02. The highest BCUT2D eigenvalue weighted by Gasteiger charge is 2.20. The van der Waals surface area contributed by atoms with Crippen molar-refractivity contribution in [1.29, 1.82) is 0 Å². The van der Waals surface area contributed by atoms with E-state index in [1.807, 2.05) is 31.2 Å². The molecule has 0 aliphatic heterocycles. The maximum Gasteiger partial charge on any atom is 0.237 e. The van der Waals surface area contributed by atoms with Crippen molar-refractivity contribution in [3.8, 4) is 0 Å². The Morgan fingerprint density at radius 3 is 2.52 bits per heavy atom. The Bertz CT molecular complexity index is 445. The molecule has 4 nitrogen and oxygen atoms in total. The summed E-state index contributed by atoms with van der Waals surface area (Å²) in [6, 6.07) is 7.67. The molecule has 0 saturated heterocycles. The number of hydrogen-bond donors (Lipinski definition) is 2. The number of amides is 1. The lowest BCUT2D eigenvalue weighted by atomic mass is 10.1. The molecule has 0 heterocycles. The van der Waals surface area contributed by atoms with Crippen LogP contribution in [0.4, 0.5) is 5.69 Å². The van der Waals surface area contributed by atoms with Crippen LogP contribution >= 0.6 is 0 Å². The molecule has 0 spiro atoms. The molecule has 1 rings (SSSR count). The van der Waals surface area contributed by atoms with E-state index in [1.54, 1.807) is 0 Å². The number of carbonyl (C=O) groups excluding carboxylic acids is 1. The van der Waals surface area contributed by atoms with Crippen LogP contribution in [-0.2, 0) is 11.3 Å². The molecule has 0 aromatic heterocycles. The maximum absolute atomic E-state index is 12.2. The summed E-state index contributed by atoms with van der Waals surface area (Å²) < 4.78 is 0. The number of likely N-dealkylation sites (N-methyl/N-ethyl adjacent to an activating group) is 1. The Balaban J connectivity index is 2.58. The average molecular weight is 291 g/mol. The van der Waals surface area contributed by atoms with Crippen molar-refractivity contribution in [2.45, 2.75) is 46.7 Å². The molecule has 0 radical (unpaired) electrons. The average Bonchev–Trinajstić information content (AvgIpc) is 2.45. The Kier molecular flexibility index (Phi) is 7.23. The Morgan fingerprint density at radius 1 is 1.29 bits per heavy atom. The van der Waals surface area contributed by atoms with Gasteiger partial charge in [-0.05, 0) is 37.4 Å². The molecule has 21 heavy (non-hydrogen) atoms. The number of nitrogens with two attached hydrogens (primary N) is 1. The third kappa shape index (κ3) is 5.76. The van der Waals surface area contributed by atoms with E-state index in [1.165, 1.54) is 0 Å². The number of rotatable bonds is 8. The van der Waals surface area contributed by atoms with Crippen LogP contribution in [0.15, 0.2) is 24.3 Å². The lowest BCUT2D eigenvalue weighted by Crippen LogP contribution is -2.45. The van der Waals surface area contributed by atoms with Crippen molar-refractivity contribution >= 4 is 11.6 Å². The number of nitrogens with zero attached hydrogens (tertiary/aromatic N) is 1. The number of carbonyl (C=O) groups is 1. The van der Waals surface area contributed by atoms with Gasteiger partial charge < -0.3 is 11.1 Å². The Labute approximate surface area is 128 Å². The largest absolute Gasteiger partial charge is 0.398 e. The second-order valence-electron chi connectivity index (χ2n) is 5.91. The zero-order valence-corrected chi connectivity index (χ0v) is 13.7. The number of para-hydroxylation sites is 1. The van der Waals surface area contributed by atoms with Gasteiger partial charge >= 0.3 is 0 Å². The molecule has 0 aliphatic carbocycles. The molecule has 3 N–H and O–H groups in total. The zero-order chi connectivity index (χ0) is 15.8. The summed E-state index contributed by atoms with van der Waals surface area (Å²) >= 11 is 0. The highest BCUT2D eigenvalue weighted by Crippen LogP contribution is 2.15. The van der Waals surface area contributed by atoms with Crippen molar-refractivity contribution < 1.29 is 4.79 Å². The molecule has 0 fully saturated rings. The maximum atomic E-state index is 12.2. The molecule has 1 atom stereocenters. The van der Waals surface area contributed by atoms with E-state index in [0.717, 1.165) is 30.8 Å². The van der Waals surface area contributed by atoms with Crippen molar-refractivity contribution in [2.75, 3.05) is 18.8 Å². The van der Waals surface area contributed by atoms with Crippen LogP contribution in [0.1, 0.15) is 39.7 Å². The second-order valence-corrected chi connectivity index (χ2v) is 5.91. The predicted octanol–water partition coefficient (Wildman–Crippen LogP) is 2.64. The summed E-state index contributed by atoms with van der Waals surface area (Å²) in [7, 11) is 0. The van der Waals surface area contributed by atoms with Gasteiger partial charge in [0.15, 0.2) is 0 Å². The van der Waals surface area contributed by atoms with Crippen molar-refractivity contribution in [3.63, 3.8) is 0 Å². The van der Waals surface area contributed by atoms with Gasteiger partial charge in [0.25, 0.3) is 0 Å². The Morgan fingerprint density at radius 2 is 1.95 bits per heavy atom. The van der Waals surface area contributed by atoms with Crippen molar-refractivity contribution in [1.82, 2.24) is 10.2 Å². The summed E-state index contributed by atoms with van der Waals surface area (Å²) in [6.45, 7) is 10.6. The van der Waals surface area contributed by atoms with E-state index >= 15 is 0 Å². The fourth-order valence-electron chi connectivity index (χ4n) is 2.22. The molecular weight excluding hydrogens is 262 g/mol. The molecule has 0 aliphatic rings. The molecule has 1 amide bonds. The summed E-state index contributed by atoms with van der Waals surface area (Å²) in [5.74, 6) is 0.694. The van der Waals surface area contributed by atoms with Gasteiger partial charge in [0.2, 0.25) is 5.91 Å². The van der Waals surface area contributed by atoms with E-state index in [2.05, 4.69) is 31.0 Å². The van der Waals surface area contributed by atoms with Gasteiger partial charge in [-0.25, -0.2) is 0 Å². The molecule has 1 aromatic carbocycles. The Hall–Kier alpha value is -1.55. The minimum absolute atomic E-state index is 0.0898.